The molecule has 1 aromatic carbocycles. The number of hydrogen-bond acceptors (Lipinski definition) is 4. The summed E-state index contributed by atoms with van der Waals surface area (Å²) >= 11 is 0. The molecule has 16 heavy (non-hydrogen) atoms. The van der Waals surface area contributed by atoms with E-state index in [0.717, 1.165) is 5.56 Å². The van der Waals surface area contributed by atoms with Crippen LogP contribution in [0.3, 0.4) is 0 Å². The lowest BCUT2D eigenvalue weighted by atomic mass is 10.1. The van der Waals surface area contributed by atoms with Crippen molar-refractivity contribution in [1.82, 2.24) is 0 Å². The second kappa shape index (κ2) is 5.48. The van der Waals surface area contributed by atoms with Crippen molar-refractivity contribution in [3.63, 3.8) is 0 Å². The predicted molar refractivity (Wildman–Crippen MR) is 59.7 cm³/mol. The average molecular weight is 225 g/mol. The van der Waals surface area contributed by atoms with E-state index in [1.54, 1.807) is 12.1 Å². The molecule has 5 nitrogen and oxygen atoms in total. The first-order chi connectivity index (χ1) is 7.54. The molecule has 4 N–H and O–H groups in total. The van der Waals surface area contributed by atoms with Gasteiger partial charge in [0.05, 0.1) is 18.3 Å². The van der Waals surface area contributed by atoms with Gasteiger partial charge in [-0.3, -0.25) is 0 Å². The van der Waals surface area contributed by atoms with Crippen LogP contribution in [0.1, 0.15) is 15.9 Å². The van der Waals surface area contributed by atoms with Crippen molar-refractivity contribution in [2.24, 2.45) is 0 Å². The first-order valence-electron chi connectivity index (χ1n) is 4.91. The molecule has 0 aliphatic heterocycles. The normalized spacial score (nSPS) is 12.2. The maximum absolute atomic E-state index is 10.9. The molecule has 1 rings (SSSR count). The molecule has 0 saturated heterocycles. The van der Waals surface area contributed by atoms with Gasteiger partial charge in [0, 0.05) is 12.2 Å². The number of aromatic carboxylic acids is 1. The number of aliphatic hydroxyl groups excluding tert-OH is 2. The first kappa shape index (κ1) is 12.5. The van der Waals surface area contributed by atoms with Crippen LogP contribution in [0.25, 0.3) is 0 Å². The van der Waals surface area contributed by atoms with Crippen LogP contribution in [0.15, 0.2) is 18.2 Å². The smallest absolute Gasteiger partial charge is 0.337 e. The van der Waals surface area contributed by atoms with E-state index in [0.29, 0.717) is 5.69 Å². The largest absolute Gasteiger partial charge is 0.478 e. The highest BCUT2D eigenvalue weighted by molar-refractivity contribution is 5.94. The SMILES string of the molecule is Cc1ccc(C(=O)O)c(NCC(O)CO)c1. The second-order valence-electron chi connectivity index (χ2n) is 3.57. The molecule has 0 radical (unpaired) electrons. The summed E-state index contributed by atoms with van der Waals surface area (Å²) in [5.41, 5.74) is 1.52. The number of aliphatic hydroxyl groups is 2. The van der Waals surface area contributed by atoms with Crippen molar-refractivity contribution < 1.29 is 20.1 Å². The standard InChI is InChI=1S/C11H15NO4/c1-7-2-3-9(11(15)16)10(4-7)12-5-8(14)6-13/h2-4,8,12-14H,5-6H2,1H3,(H,15,16). The van der Waals surface area contributed by atoms with Gasteiger partial charge in [-0.1, -0.05) is 6.07 Å². The fourth-order valence-corrected chi connectivity index (χ4v) is 1.28. The third-order valence-corrected chi connectivity index (χ3v) is 2.14. The summed E-state index contributed by atoms with van der Waals surface area (Å²) < 4.78 is 0. The van der Waals surface area contributed by atoms with Gasteiger partial charge in [0.25, 0.3) is 0 Å². The van der Waals surface area contributed by atoms with E-state index in [2.05, 4.69) is 5.32 Å². The number of carboxylic acids is 1. The van der Waals surface area contributed by atoms with Gasteiger partial charge in [0.15, 0.2) is 0 Å². The van der Waals surface area contributed by atoms with Crippen LogP contribution in [-0.2, 0) is 0 Å². The number of anilines is 1. The summed E-state index contributed by atoms with van der Waals surface area (Å²) in [5, 5.41) is 29.5. The van der Waals surface area contributed by atoms with E-state index >= 15 is 0 Å². The number of nitrogens with one attached hydrogen (secondary N) is 1. The van der Waals surface area contributed by atoms with Crippen molar-refractivity contribution in [1.29, 1.82) is 0 Å². The van der Waals surface area contributed by atoms with Crippen LogP contribution in [0.5, 0.6) is 0 Å². The van der Waals surface area contributed by atoms with Gasteiger partial charge in [0.2, 0.25) is 0 Å². The van der Waals surface area contributed by atoms with E-state index in [4.69, 9.17) is 15.3 Å². The minimum Gasteiger partial charge on any atom is -0.478 e. The maximum Gasteiger partial charge on any atom is 0.337 e. The van der Waals surface area contributed by atoms with E-state index in [1.807, 2.05) is 6.92 Å². The number of aryl methyl sites for hydroxylation is 1. The van der Waals surface area contributed by atoms with Gasteiger partial charge in [-0.25, -0.2) is 4.79 Å². The molecule has 0 heterocycles. The molecule has 0 spiro atoms. The lowest BCUT2D eigenvalue weighted by molar-refractivity contribution is 0.0697. The summed E-state index contributed by atoms with van der Waals surface area (Å²) in [6.45, 7) is 1.60. The Hall–Kier alpha value is -1.59. The summed E-state index contributed by atoms with van der Waals surface area (Å²) in [7, 11) is 0. The topological polar surface area (TPSA) is 89.8 Å². The highest BCUT2D eigenvalue weighted by Gasteiger charge is 2.10. The molecule has 5 heteroatoms. The highest BCUT2D eigenvalue weighted by atomic mass is 16.4. The van der Waals surface area contributed by atoms with Crippen LogP contribution in [0.4, 0.5) is 5.69 Å². The van der Waals surface area contributed by atoms with Crippen molar-refractivity contribution in [2.75, 3.05) is 18.5 Å². The molecule has 0 aliphatic rings. The molecular formula is C11H15NO4. The van der Waals surface area contributed by atoms with Gasteiger partial charge < -0.3 is 20.6 Å². The third kappa shape index (κ3) is 3.22. The molecule has 0 aromatic heterocycles. The Labute approximate surface area is 93.4 Å². The van der Waals surface area contributed by atoms with E-state index < -0.39 is 12.1 Å². The van der Waals surface area contributed by atoms with Gasteiger partial charge in [-0.2, -0.15) is 0 Å². The molecule has 0 aliphatic carbocycles. The number of rotatable bonds is 5. The Bertz CT molecular complexity index is 378. The van der Waals surface area contributed by atoms with Crippen molar-refractivity contribution in [2.45, 2.75) is 13.0 Å². The second-order valence-corrected chi connectivity index (χ2v) is 3.57. The van der Waals surface area contributed by atoms with Crippen molar-refractivity contribution in [3.05, 3.63) is 29.3 Å². The van der Waals surface area contributed by atoms with Gasteiger partial charge in [-0.15, -0.1) is 0 Å². The van der Waals surface area contributed by atoms with Gasteiger partial charge in [0.1, 0.15) is 0 Å². The Kier molecular flexibility index (Phi) is 4.28. The zero-order valence-electron chi connectivity index (χ0n) is 8.97. The minimum absolute atomic E-state index is 0.111. The first-order valence-corrected chi connectivity index (χ1v) is 4.91. The van der Waals surface area contributed by atoms with Crippen molar-refractivity contribution in [3.8, 4) is 0 Å². The summed E-state index contributed by atoms with van der Waals surface area (Å²) in [4.78, 5) is 10.9. The van der Waals surface area contributed by atoms with Crippen LogP contribution in [0.2, 0.25) is 0 Å². The summed E-state index contributed by atoms with van der Waals surface area (Å²) in [6.07, 6.45) is -0.901. The molecule has 0 fully saturated rings. The lowest BCUT2D eigenvalue weighted by Gasteiger charge is -2.13. The third-order valence-electron chi connectivity index (χ3n) is 2.14. The zero-order valence-corrected chi connectivity index (χ0v) is 8.97. The molecular weight excluding hydrogens is 210 g/mol. The number of carboxylic acid groups (broad SMARTS) is 1. The number of hydrogen-bond donors (Lipinski definition) is 4. The Morgan fingerprint density at radius 2 is 2.19 bits per heavy atom. The summed E-state index contributed by atoms with van der Waals surface area (Å²) in [6, 6.07) is 4.90. The van der Waals surface area contributed by atoms with Crippen molar-refractivity contribution >= 4 is 11.7 Å². The molecule has 88 valence electrons. The van der Waals surface area contributed by atoms with Gasteiger partial charge in [-0.05, 0) is 24.6 Å². The van der Waals surface area contributed by atoms with Crippen LogP contribution in [0, 0.1) is 6.92 Å². The summed E-state index contributed by atoms with van der Waals surface area (Å²) in [5.74, 6) is -1.03. The highest BCUT2D eigenvalue weighted by Crippen LogP contribution is 2.17. The minimum atomic E-state index is -1.03. The lowest BCUT2D eigenvalue weighted by Crippen LogP contribution is -2.23. The fraction of sp³-hybridized carbons (Fsp3) is 0.364. The van der Waals surface area contributed by atoms with Crippen LogP contribution < -0.4 is 5.32 Å². The molecule has 1 unspecified atom stereocenters. The molecule has 0 amide bonds. The van der Waals surface area contributed by atoms with Gasteiger partial charge >= 0.3 is 5.97 Å². The quantitative estimate of drug-likeness (QED) is 0.584. The zero-order chi connectivity index (χ0) is 12.1. The van der Waals surface area contributed by atoms with E-state index in [1.165, 1.54) is 6.07 Å². The van der Waals surface area contributed by atoms with Crippen LogP contribution >= 0.6 is 0 Å². The number of carbonyl (C=O) groups is 1. The average Bonchev–Trinajstić information content (AvgIpc) is 2.25. The Morgan fingerprint density at radius 3 is 2.75 bits per heavy atom. The monoisotopic (exact) mass is 225 g/mol. The molecule has 1 atom stereocenters. The Morgan fingerprint density at radius 1 is 1.50 bits per heavy atom. The number of benzene rings is 1. The van der Waals surface area contributed by atoms with E-state index in [9.17, 15) is 4.79 Å². The molecule has 0 saturated carbocycles. The Balaban J connectivity index is 2.84. The molecule has 0 bridgehead atoms. The van der Waals surface area contributed by atoms with Crippen LogP contribution in [-0.4, -0.2) is 40.5 Å². The predicted octanol–water partition coefficient (Wildman–Crippen LogP) is 0.458. The molecule has 1 aromatic rings. The van der Waals surface area contributed by atoms with E-state index in [-0.39, 0.29) is 18.7 Å². The maximum atomic E-state index is 10.9. The fourth-order valence-electron chi connectivity index (χ4n) is 1.28.